The van der Waals surface area contributed by atoms with Gasteiger partial charge in [-0.3, -0.25) is 4.98 Å². The monoisotopic (exact) mass is 281 g/mol. The molecule has 0 fully saturated rings. The molecule has 2 aromatic rings. The lowest BCUT2D eigenvalue weighted by molar-refractivity contribution is 0.139. The fraction of sp³-hybridized carbons (Fsp3) is 0.250. The number of furan rings is 1. The first-order valence-electron chi connectivity index (χ1n) is 5.07. The molecule has 2 heterocycles. The molecule has 1 unspecified atom stereocenters. The van der Waals surface area contributed by atoms with E-state index in [4.69, 9.17) is 4.42 Å². The van der Waals surface area contributed by atoms with Crippen molar-refractivity contribution in [2.24, 2.45) is 0 Å². The van der Waals surface area contributed by atoms with Crippen LogP contribution in [-0.4, -0.2) is 10.1 Å². The Kier molecular flexibility index (Phi) is 3.74. The molecule has 0 saturated carbocycles. The Morgan fingerprint density at radius 1 is 1.44 bits per heavy atom. The molecule has 2 rings (SSSR count). The number of hydrogen-bond donors (Lipinski definition) is 1. The minimum atomic E-state index is -0.579. The molecule has 84 valence electrons. The number of halogens is 1. The van der Waals surface area contributed by atoms with Gasteiger partial charge in [0.1, 0.15) is 11.9 Å². The van der Waals surface area contributed by atoms with E-state index in [2.05, 4.69) is 20.9 Å². The third-order valence-electron chi connectivity index (χ3n) is 2.38. The van der Waals surface area contributed by atoms with E-state index in [1.54, 1.807) is 18.5 Å². The largest absolute Gasteiger partial charge is 0.465 e. The van der Waals surface area contributed by atoms with Gasteiger partial charge in [0.15, 0.2) is 0 Å². The standard InChI is InChI=1S/C12H12BrNO2/c13-10-5-7-16-12(10)11(15)4-3-9-2-1-6-14-8-9/h1-2,5-8,11,15H,3-4H2. The van der Waals surface area contributed by atoms with Gasteiger partial charge in [0.25, 0.3) is 0 Å². The average molecular weight is 282 g/mol. The maximum Gasteiger partial charge on any atom is 0.146 e. The van der Waals surface area contributed by atoms with Crippen molar-refractivity contribution >= 4 is 15.9 Å². The lowest BCUT2D eigenvalue weighted by atomic mass is 10.1. The van der Waals surface area contributed by atoms with Crippen LogP contribution in [0.3, 0.4) is 0 Å². The summed E-state index contributed by atoms with van der Waals surface area (Å²) in [6.45, 7) is 0. The summed E-state index contributed by atoms with van der Waals surface area (Å²) >= 11 is 3.33. The zero-order valence-electron chi connectivity index (χ0n) is 8.64. The molecule has 4 heteroatoms. The van der Waals surface area contributed by atoms with Crippen molar-refractivity contribution in [2.45, 2.75) is 18.9 Å². The zero-order valence-corrected chi connectivity index (χ0v) is 10.2. The van der Waals surface area contributed by atoms with Gasteiger partial charge in [-0.1, -0.05) is 6.07 Å². The summed E-state index contributed by atoms with van der Waals surface area (Å²) in [5, 5.41) is 9.91. The van der Waals surface area contributed by atoms with Gasteiger partial charge < -0.3 is 9.52 Å². The summed E-state index contributed by atoms with van der Waals surface area (Å²) in [6.07, 6.45) is 5.93. The Hall–Kier alpha value is -1.13. The minimum absolute atomic E-state index is 0.579. The first-order chi connectivity index (χ1) is 7.77. The van der Waals surface area contributed by atoms with Crippen LogP contribution >= 0.6 is 15.9 Å². The van der Waals surface area contributed by atoms with Crippen LogP contribution in [0.1, 0.15) is 23.8 Å². The number of aliphatic hydroxyl groups is 1. The Balaban J connectivity index is 1.94. The molecule has 0 saturated heterocycles. The van der Waals surface area contributed by atoms with Crippen molar-refractivity contribution in [3.05, 3.63) is 52.7 Å². The molecule has 2 aromatic heterocycles. The van der Waals surface area contributed by atoms with E-state index in [-0.39, 0.29) is 0 Å². The molecule has 0 bridgehead atoms. The summed E-state index contributed by atoms with van der Waals surface area (Å²) in [5.41, 5.74) is 1.12. The second kappa shape index (κ2) is 5.27. The molecule has 1 atom stereocenters. The third kappa shape index (κ3) is 2.71. The maximum atomic E-state index is 9.91. The van der Waals surface area contributed by atoms with Crippen LogP contribution in [0.2, 0.25) is 0 Å². The molecule has 0 spiro atoms. The summed E-state index contributed by atoms with van der Waals surface area (Å²) in [5.74, 6) is 0.587. The van der Waals surface area contributed by atoms with E-state index in [9.17, 15) is 5.11 Å². The first kappa shape index (κ1) is 11.4. The van der Waals surface area contributed by atoms with Crippen LogP contribution in [0.4, 0.5) is 0 Å². The van der Waals surface area contributed by atoms with Gasteiger partial charge in [0.2, 0.25) is 0 Å². The van der Waals surface area contributed by atoms with Crippen LogP contribution in [0.5, 0.6) is 0 Å². The van der Waals surface area contributed by atoms with E-state index in [1.807, 2.05) is 18.3 Å². The van der Waals surface area contributed by atoms with E-state index in [1.165, 1.54) is 0 Å². The molecule has 0 radical (unpaired) electrons. The predicted octanol–water partition coefficient (Wildman–Crippen LogP) is 3.10. The number of aromatic nitrogens is 1. The second-order valence-electron chi connectivity index (χ2n) is 3.55. The van der Waals surface area contributed by atoms with Gasteiger partial charge in [0, 0.05) is 12.4 Å². The van der Waals surface area contributed by atoms with Crippen LogP contribution in [0.25, 0.3) is 0 Å². The number of pyridine rings is 1. The SMILES string of the molecule is OC(CCc1cccnc1)c1occc1Br. The van der Waals surface area contributed by atoms with Gasteiger partial charge in [-0.2, -0.15) is 0 Å². The highest BCUT2D eigenvalue weighted by molar-refractivity contribution is 9.10. The van der Waals surface area contributed by atoms with Crippen molar-refractivity contribution in [3.8, 4) is 0 Å². The molecule has 0 aromatic carbocycles. The normalized spacial score (nSPS) is 12.6. The molecule has 0 aliphatic heterocycles. The van der Waals surface area contributed by atoms with Gasteiger partial charge in [-0.25, -0.2) is 0 Å². The fourth-order valence-corrected chi connectivity index (χ4v) is 1.99. The second-order valence-corrected chi connectivity index (χ2v) is 4.40. The summed E-state index contributed by atoms with van der Waals surface area (Å²) in [7, 11) is 0. The Morgan fingerprint density at radius 3 is 2.94 bits per heavy atom. The van der Waals surface area contributed by atoms with Gasteiger partial charge in [-0.05, 0) is 46.5 Å². The smallest absolute Gasteiger partial charge is 0.146 e. The van der Waals surface area contributed by atoms with Crippen LogP contribution < -0.4 is 0 Å². The number of nitrogens with zero attached hydrogens (tertiary/aromatic N) is 1. The van der Waals surface area contributed by atoms with Gasteiger partial charge in [0.05, 0.1) is 10.7 Å². The third-order valence-corrected chi connectivity index (χ3v) is 3.03. The fourth-order valence-electron chi connectivity index (χ4n) is 1.52. The Morgan fingerprint density at radius 2 is 2.31 bits per heavy atom. The number of hydrogen-bond acceptors (Lipinski definition) is 3. The van der Waals surface area contributed by atoms with Gasteiger partial charge in [-0.15, -0.1) is 0 Å². The maximum absolute atomic E-state index is 9.91. The quantitative estimate of drug-likeness (QED) is 0.937. The Labute approximate surface area is 102 Å². The van der Waals surface area contributed by atoms with Crippen molar-refractivity contribution < 1.29 is 9.52 Å². The average Bonchev–Trinajstić information content (AvgIpc) is 2.74. The van der Waals surface area contributed by atoms with Crippen molar-refractivity contribution in [2.75, 3.05) is 0 Å². The summed E-state index contributed by atoms with van der Waals surface area (Å²) in [4.78, 5) is 4.03. The lowest BCUT2D eigenvalue weighted by Crippen LogP contribution is -1.99. The molecular formula is C12H12BrNO2. The Bertz CT molecular complexity index is 441. The van der Waals surface area contributed by atoms with Crippen LogP contribution in [0.15, 0.2) is 45.7 Å². The molecule has 3 nitrogen and oxygen atoms in total. The molecular weight excluding hydrogens is 270 g/mol. The molecule has 16 heavy (non-hydrogen) atoms. The van der Waals surface area contributed by atoms with E-state index < -0.39 is 6.10 Å². The van der Waals surface area contributed by atoms with Crippen LogP contribution in [0, 0.1) is 0 Å². The van der Waals surface area contributed by atoms with E-state index in [0.717, 1.165) is 16.5 Å². The highest BCUT2D eigenvalue weighted by Crippen LogP contribution is 2.27. The zero-order chi connectivity index (χ0) is 11.4. The molecule has 0 aliphatic rings. The highest BCUT2D eigenvalue weighted by Gasteiger charge is 2.14. The lowest BCUT2D eigenvalue weighted by Gasteiger charge is -2.08. The number of aryl methyl sites for hydroxylation is 1. The molecule has 1 N–H and O–H groups in total. The van der Waals surface area contributed by atoms with Crippen LogP contribution in [-0.2, 0) is 6.42 Å². The first-order valence-corrected chi connectivity index (χ1v) is 5.86. The van der Waals surface area contributed by atoms with Gasteiger partial charge >= 0.3 is 0 Å². The summed E-state index contributed by atoms with van der Waals surface area (Å²) in [6, 6.07) is 5.67. The highest BCUT2D eigenvalue weighted by atomic mass is 79.9. The minimum Gasteiger partial charge on any atom is -0.465 e. The number of aliphatic hydroxyl groups excluding tert-OH is 1. The topological polar surface area (TPSA) is 46.3 Å². The van der Waals surface area contributed by atoms with Crippen molar-refractivity contribution in [1.29, 1.82) is 0 Å². The molecule has 0 amide bonds. The predicted molar refractivity (Wildman–Crippen MR) is 63.9 cm³/mol. The van der Waals surface area contributed by atoms with Crippen molar-refractivity contribution in [1.82, 2.24) is 4.98 Å². The number of rotatable bonds is 4. The van der Waals surface area contributed by atoms with E-state index in [0.29, 0.717) is 12.2 Å². The summed E-state index contributed by atoms with van der Waals surface area (Å²) < 4.78 is 6.01. The van der Waals surface area contributed by atoms with E-state index >= 15 is 0 Å². The molecule has 0 aliphatic carbocycles. The van der Waals surface area contributed by atoms with Crippen molar-refractivity contribution in [3.63, 3.8) is 0 Å².